The SMILES string of the molecule is CN(Cc1ccsc1)S(=O)(=O)c1cccc(F)c1C#N. The highest BCUT2D eigenvalue weighted by atomic mass is 32.2. The minimum absolute atomic E-state index is 0.174. The fourth-order valence-corrected chi connectivity index (χ4v) is 3.69. The average molecular weight is 310 g/mol. The number of sulfonamides is 1. The van der Waals surface area contributed by atoms with Crippen molar-refractivity contribution < 1.29 is 12.8 Å². The smallest absolute Gasteiger partial charge is 0.207 e. The van der Waals surface area contributed by atoms with Gasteiger partial charge in [0, 0.05) is 13.6 Å². The minimum Gasteiger partial charge on any atom is -0.207 e. The molecule has 1 aromatic heterocycles. The topological polar surface area (TPSA) is 61.2 Å². The average Bonchev–Trinajstić information content (AvgIpc) is 2.91. The molecule has 0 N–H and O–H groups in total. The number of thiophene rings is 1. The van der Waals surface area contributed by atoms with E-state index in [1.165, 1.54) is 30.5 Å². The van der Waals surface area contributed by atoms with E-state index in [1.807, 2.05) is 16.8 Å². The minimum atomic E-state index is -3.90. The molecular formula is C13H11FN2O2S2. The third kappa shape index (κ3) is 2.72. The zero-order valence-electron chi connectivity index (χ0n) is 10.6. The van der Waals surface area contributed by atoms with Gasteiger partial charge in [0.15, 0.2) is 0 Å². The van der Waals surface area contributed by atoms with Crippen molar-refractivity contribution in [3.63, 3.8) is 0 Å². The lowest BCUT2D eigenvalue weighted by Crippen LogP contribution is -2.27. The maximum absolute atomic E-state index is 13.5. The van der Waals surface area contributed by atoms with Gasteiger partial charge in [-0.15, -0.1) is 0 Å². The second kappa shape index (κ2) is 5.71. The van der Waals surface area contributed by atoms with Crippen molar-refractivity contribution in [3.8, 4) is 6.07 Å². The first-order valence-electron chi connectivity index (χ1n) is 5.63. The van der Waals surface area contributed by atoms with Crippen molar-refractivity contribution in [2.45, 2.75) is 11.4 Å². The van der Waals surface area contributed by atoms with Crippen LogP contribution in [0.2, 0.25) is 0 Å². The van der Waals surface area contributed by atoms with E-state index in [1.54, 1.807) is 6.07 Å². The molecule has 0 unspecified atom stereocenters. The summed E-state index contributed by atoms with van der Waals surface area (Å²) in [6.07, 6.45) is 0. The Hall–Kier alpha value is -1.75. The van der Waals surface area contributed by atoms with Crippen molar-refractivity contribution in [2.75, 3.05) is 7.05 Å². The molecule has 20 heavy (non-hydrogen) atoms. The Morgan fingerprint density at radius 2 is 2.15 bits per heavy atom. The normalized spacial score (nSPS) is 11.5. The zero-order valence-corrected chi connectivity index (χ0v) is 12.2. The Morgan fingerprint density at radius 3 is 2.75 bits per heavy atom. The van der Waals surface area contributed by atoms with Gasteiger partial charge in [-0.1, -0.05) is 6.07 Å². The first kappa shape index (κ1) is 14.7. The molecular weight excluding hydrogens is 299 g/mol. The number of benzene rings is 1. The molecule has 0 spiro atoms. The van der Waals surface area contributed by atoms with Gasteiger partial charge in [-0.2, -0.15) is 20.9 Å². The Bertz CT molecular complexity index is 749. The lowest BCUT2D eigenvalue weighted by atomic mass is 10.2. The maximum atomic E-state index is 13.5. The van der Waals surface area contributed by atoms with Gasteiger partial charge in [-0.05, 0) is 34.5 Å². The number of halogens is 1. The highest BCUT2D eigenvalue weighted by Gasteiger charge is 2.25. The van der Waals surface area contributed by atoms with Crippen LogP contribution in [-0.4, -0.2) is 19.8 Å². The van der Waals surface area contributed by atoms with Gasteiger partial charge in [0.05, 0.1) is 0 Å². The van der Waals surface area contributed by atoms with E-state index < -0.39 is 21.4 Å². The van der Waals surface area contributed by atoms with Crippen molar-refractivity contribution in [2.24, 2.45) is 0 Å². The lowest BCUT2D eigenvalue weighted by Gasteiger charge is -2.17. The van der Waals surface area contributed by atoms with E-state index in [9.17, 15) is 12.8 Å². The fourth-order valence-electron chi connectivity index (χ4n) is 1.72. The van der Waals surface area contributed by atoms with Crippen LogP contribution < -0.4 is 0 Å². The predicted molar refractivity (Wildman–Crippen MR) is 74.1 cm³/mol. The van der Waals surface area contributed by atoms with Crippen molar-refractivity contribution in [1.29, 1.82) is 5.26 Å². The summed E-state index contributed by atoms with van der Waals surface area (Å²) < 4.78 is 39.4. The van der Waals surface area contributed by atoms with Gasteiger partial charge < -0.3 is 0 Å². The van der Waals surface area contributed by atoms with E-state index in [4.69, 9.17) is 5.26 Å². The number of hydrogen-bond donors (Lipinski definition) is 0. The van der Waals surface area contributed by atoms with Gasteiger partial charge in [-0.3, -0.25) is 0 Å². The van der Waals surface area contributed by atoms with Crippen LogP contribution >= 0.6 is 11.3 Å². The highest BCUT2D eigenvalue weighted by molar-refractivity contribution is 7.89. The molecule has 0 aliphatic rings. The largest absolute Gasteiger partial charge is 0.244 e. The number of nitrogens with zero attached hydrogens (tertiary/aromatic N) is 2. The molecule has 0 aliphatic heterocycles. The Balaban J connectivity index is 2.41. The Labute approximate surface area is 120 Å². The van der Waals surface area contributed by atoms with Crippen LogP contribution in [0.25, 0.3) is 0 Å². The first-order valence-corrected chi connectivity index (χ1v) is 8.01. The van der Waals surface area contributed by atoms with Gasteiger partial charge in [0.25, 0.3) is 0 Å². The molecule has 2 rings (SSSR count). The molecule has 0 saturated heterocycles. The molecule has 0 bridgehead atoms. The third-order valence-electron chi connectivity index (χ3n) is 2.76. The second-order valence-electron chi connectivity index (χ2n) is 4.12. The summed E-state index contributed by atoms with van der Waals surface area (Å²) in [6, 6.07) is 7.00. The van der Waals surface area contributed by atoms with Gasteiger partial charge in [-0.25, -0.2) is 12.8 Å². The summed E-state index contributed by atoms with van der Waals surface area (Å²) in [5.41, 5.74) is 0.389. The number of nitriles is 1. The second-order valence-corrected chi connectivity index (χ2v) is 6.91. The van der Waals surface area contributed by atoms with Gasteiger partial charge >= 0.3 is 0 Å². The van der Waals surface area contributed by atoms with Crippen LogP contribution in [0.5, 0.6) is 0 Å². The molecule has 4 nitrogen and oxygen atoms in total. The first-order chi connectivity index (χ1) is 9.46. The van der Waals surface area contributed by atoms with Gasteiger partial charge in [0.1, 0.15) is 22.3 Å². The quantitative estimate of drug-likeness (QED) is 0.872. The predicted octanol–water partition coefficient (Wildman–Crippen LogP) is 2.58. The van der Waals surface area contributed by atoms with Crippen LogP contribution in [0.1, 0.15) is 11.1 Å². The molecule has 2 aromatic rings. The van der Waals surface area contributed by atoms with E-state index in [2.05, 4.69) is 0 Å². The summed E-state index contributed by atoms with van der Waals surface area (Å²) in [5, 5.41) is 12.6. The molecule has 0 aliphatic carbocycles. The number of hydrogen-bond acceptors (Lipinski definition) is 4. The van der Waals surface area contributed by atoms with E-state index in [0.717, 1.165) is 15.9 Å². The van der Waals surface area contributed by atoms with Crippen LogP contribution in [0, 0.1) is 17.1 Å². The fraction of sp³-hybridized carbons (Fsp3) is 0.154. The van der Waals surface area contributed by atoms with Crippen LogP contribution in [0.3, 0.4) is 0 Å². The van der Waals surface area contributed by atoms with Crippen molar-refractivity contribution in [3.05, 3.63) is 52.0 Å². The van der Waals surface area contributed by atoms with E-state index in [-0.39, 0.29) is 11.4 Å². The number of rotatable bonds is 4. The van der Waals surface area contributed by atoms with Crippen LogP contribution in [0.15, 0.2) is 39.9 Å². The summed E-state index contributed by atoms with van der Waals surface area (Å²) in [5.74, 6) is -0.836. The molecule has 104 valence electrons. The molecule has 0 atom stereocenters. The molecule has 0 saturated carbocycles. The maximum Gasteiger partial charge on any atom is 0.244 e. The highest BCUT2D eigenvalue weighted by Crippen LogP contribution is 2.22. The molecule has 0 fully saturated rings. The lowest BCUT2D eigenvalue weighted by molar-refractivity contribution is 0.466. The monoisotopic (exact) mass is 310 g/mol. The van der Waals surface area contributed by atoms with Crippen LogP contribution in [-0.2, 0) is 16.6 Å². The molecule has 1 aromatic carbocycles. The Morgan fingerprint density at radius 1 is 1.40 bits per heavy atom. The summed E-state index contributed by atoms with van der Waals surface area (Å²) in [6.45, 7) is 0.174. The van der Waals surface area contributed by atoms with Gasteiger partial charge in [0.2, 0.25) is 10.0 Å². The molecule has 7 heteroatoms. The molecule has 1 heterocycles. The summed E-state index contributed by atoms with van der Waals surface area (Å²) >= 11 is 1.46. The van der Waals surface area contributed by atoms with Crippen molar-refractivity contribution >= 4 is 21.4 Å². The standard InChI is InChI=1S/C13H11FN2O2S2/c1-16(8-10-5-6-19-9-10)20(17,18)13-4-2-3-12(14)11(13)7-15/h2-6,9H,8H2,1H3. The Kier molecular flexibility index (Phi) is 4.18. The van der Waals surface area contributed by atoms with E-state index >= 15 is 0 Å². The zero-order chi connectivity index (χ0) is 14.8. The van der Waals surface area contributed by atoms with Crippen molar-refractivity contribution in [1.82, 2.24) is 4.31 Å². The molecule has 0 amide bonds. The third-order valence-corrected chi connectivity index (χ3v) is 5.34. The van der Waals surface area contributed by atoms with Crippen LogP contribution in [0.4, 0.5) is 4.39 Å². The van der Waals surface area contributed by atoms with E-state index in [0.29, 0.717) is 0 Å². The molecule has 0 radical (unpaired) electrons. The summed E-state index contributed by atoms with van der Waals surface area (Å²) in [7, 11) is -2.50. The summed E-state index contributed by atoms with van der Waals surface area (Å²) in [4.78, 5) is -0.308.